The Kier molecular flexibility index (Phi) is 8.83. The Morgan fingerprint density at radius 3 is 2.15 bits per heavy atom. The van der Waals surface area contributed by atoms with Crippen molar-refractivity contribution in [2.24, 2.45) is 5.73 Å². The zero-order valence-corrected chi connectivity index (χ0v) is 23.0. The molecular weight excluding hydrogens is 555 g/mol. The van der Waals surface area contributed by atoms with E-state index in [4.69, 9.17) is 39.0 Å². The molecule has 4 aromatic rings. The van der Waals surface area contributed by atoms with Crippen LogP contribution in [-0.2, 0) is 0 Å². The summed E-state index contributed by atoms with van der Waals surface area (Å²) in [6.07, 6.45) is 0. The summed E-state index contributed by atoms with van der Waals surface area (Å²) < 4.78 is 24.9. The van der Waals surface area contributed by atoms with E-state index in [2.05, 4.69) is 16.0 Å². The number of carbonyl (C=O) groups is 2. The lowest BCUT2D eigenvalue weighted by Gasteiger charge is -2.18. The van der Waals surface area contributed by atoms with Gasteiger partial charge in [0.2, 0.25) is 5.91 Å². The zero-order valence-electron chi connectivity index (χ0n) is 21.4. The van der Waals surface area contributed by atoms with Crippen LogP contribution in [0.1, 0.15) is 20.7 Å². The van der Waals surface area contributed by atoms with Crippen LogP contribution in [-0.4, -0.2) is 31.1 Å². The van der Waals surface area contributed by atoms with Gasteiger partial charge in [0.25, 0.3) is 5.91 Å². The maximum absolute atomic E-state index is 14.3. The summed E-state index contributed by atoms with van der Waals surface area (Å²) in [4.78, 5) is 25.1. The monoisotopic (exact) mass is 578 g/mol. The van der Waals surface area contributed by atoms with E-state index >= 15 is 0 Å². The number of ether oxygens (including phenoxy) is 2. The molecule has 4 rings (SSSR count). The van der Waals surface area contributed by atoms with E-state index in [9.17, 15) is 14.0 Å². The normalized spacial score (nSPS) is 10.4. The Morgan fingerprint density at radius 1 is 0.800 bits per heavy atom. The smallest absolute Gasteiger partial charge is 0.258 e. The lowest BCUT2D eigenvalue weighted by molar-refractivity contribution is 0.0998. The molecule has 0 unspecified atom stereocenters. The van der Waals surface area contributed by atoms with Crippen molar-refractivity contribution in [2.75, 3.05) is 30.2 Å². The minimum absolute atomic E-state index is 0.128. The van der Waals surface area contributed by atoms with Crippen LogP contribution in [0.3, 0.4) is 0 Å². The van der Waals surface area contributed by atoms with Gasteiger partial charge in [-0.05, 0) is 60.2 Å². The van der Waals surface area contributed by atoms with Gasteiger partial charge in [-0.1, -0.05) is 41.9 Å². The molecule has 0 spiro atoms. The Morgan fingerprint density at radius 2 is 1.48 bits per heavy atom. The average molecular weight is 579 g/mol. The van der Waals surface area contributed by atoms with Crippen LogP contribution in [0, 0.1) is 5.82 Å². The molecule has 0 atom stereocenters. The minimum Gasteiger partial charge on any atom is -0.495 e. The molecule has 204 valence electrons. The van der Waals surface area contributed by atoms with Crippen molar-refractivity contribution in [3.63, 3.8) is 0 Å². The van der Waals surface area contributed by atoms with E-state index in [0.717, 1.165) is 0 Å². The first kappa shape index (κ1) is 28.3. The van der Waals surface area contributed by atoms with Gasteiger partial charge in [0.1, 0.15) is 17.3 Å². The van der Waals surface area contributed by atoms with Crippen LogP contribution in [0.4, 0.5) is 21.5 Å². The third kappa shape index (κ3) is 6.31. The topological polar surface area (TPSA) is 115 Å². The molecule has 0 bridgehead atoms. The number of carbonyl (C=O) groups excluding carboxylic acids is 2. The molecule has 4 aromatic carbocycles. The molecule has 40 heavy (non-hydrogen) atoms. The van der Waals surface area contributed by atoms with E-state index in [-0.39, 0.29) is 16.2 Å². The van der Waals surface area contributed by atoms with Gasteiger partial charge >= 0.3 is 0 Å². The molecule has 0 radical (unpaired) electrons. The summed E-state index contributed by atoms with van der Waals surface area (Å²) in [5.74, 6) is -1.08. The summed E-state index contributed by atoms with van der Waals surface area (Å²) in [6.45, 7) is 0. The van der Waals surface area contributed by atoms with Gasteiger partial charge in [-0.2, -0.15) is 0 Å². The number of nitrogens with one attached hydrogen (secondary N) is 3. The van der Waals surface area contributed by atoms with E-state index in [1.807, 2.05) is 0 Å². The van der Waals surface area contributed by atoms with Crippen LogP contribution in [0.2, 0.25) is 5.02 Å². The van der Waals surface area contributed by atoms with Crippen molar-refractivity contribution in [3.8, 4) is 22.6 Å². The molecular formula is C29H24ClFN4O4S. The molecule has 0 saturated heterocycles. The SMILES string of the molecule is COc1cc(OC)c(NC(=S)Nc2ccc(NC(=O)c3ccccc3F)c(-c3ccccc3C(N)=O)c2)cc1Cl. The summed E-state index contributed by atoms with van der Waals surface area (Å²) in [5.41, 5.74) is 8.00. The van der Waals surface area contributed by atoms with Crippen molar-refractivity contribution in [1.29, 1.82) is 0 Å². The Bertz CT molecular complexity index is 1620. The molecule has 0 saturated carbocycles. The summed E-state index contributed by atoms with van der Waals surface area (Å²) in [7, 11) is 3.00. The molecule has 0 heterocycles. The third-order valence-corrected chi connectivity index (χ3v) is 6.35. The molecule has 2 amide bonds. The van der Waals surface area contributed by atoms with E-state index in [1.165, 1.54) is 32.4 Å². The lowest BCUT2D eigenvalue weighted by atomic mass is 9.97. The lowest BCUT2D eigenvalue weighted by Crippen LogP contribution is -2.20. The van der Waals surface area contributed by atoms with Gasteiger partial charge in [-0.3, -0.25) is 9.59 Å². The Hall–Kier alpha value is -4.67. The number of hydrogen-bond donors (Lipinski definition) is 4. The van der Waals surface area contributed by atoms with Crippen LogP contribution in [0.25, 0.3) is 11.1 Å². The fourth-order valence-corrected chi connectivity index (χ4v) is 4.43. The quantitative estimate of drug-likeness (QED) is 0.181. The van der Waals surface area contributed by atoms with Crippen molar-refractivity contribution < 1.29 is 23.5 Å². The van der Waals surface area contributed by atoms with E-state index < -0.39 is 17.6 Å². The second-order valence-electron chi connectivity index (χ2n) is 8.37. The Balaban J connectivity index is 1.68. The number of amides is 2. The second-order valence-corrected chi connectivity index (χ2v) is 9.19. The minimum atomic E-state index is -0.664. The number of nitrogens with two attached hydrogens (primary N) is 1. The molecule has 0 fully saturated rings. The highest BCUT2D eigenvalue weighted by Crippen LogP contribution is 2.37. The van der Waals surface area contributed by atoms with Gasteiger partial charge in [0.15, 0.2) is 5.11 Å². The summed E-state index contributed by atoms with van der Waals surface area (Å²) >= 11 is 11.8. The average Bonchev–Trinajstić information content (AvgIpc) is 2.94. The van der Waals surface area contributed by atoms with E-state index in [0.29, 0.717) is 44.7 Å². The van der Waals surface area contributed by atoms with Gasteiger partial charge < -0.3 is 31.2 Å². The first-order valence-corrected chi connectivity index (χ1v) is 12.6. The number of primary amides is 1. The highest BCUT2D eigenvalue weighted by atomic mass is 35.5. The maximum Gasteiger partial charge on any atom is 0.258 e. The predicted octanol–water partition coefficient (Wildman–Crippen LogP) is 6.32. The highest BCUT2D eigenvalue weighted by Gasteiger charge is 2.18. The molecule has 8 nitrogen and oxygen atoms in total. The Labute approximate surface area is 240 Å². The molecule has 0 aromatic heterocycles. The van der Waals surface area contributed by atoms with Crippen molar-refractivity contribution in [2.45, 2.75) is 0 Å². The standard InChI is InChI=1S/C29H24ClFN4O4S/c1-38-25-15-26(39-2)24(14-21(25)30)35-29(40)33-16-11-12-23(34-28(37)19-9-5-6-10-22(19)31)20(13-16)17-7-3-4-8-18(17)27(32)36/h3-15H,1-2H3,(H2,32,36)(H,34,37)(H2,33,35,40). The van der Waals surface area contributed by atoms with Gasteiger partial charge in [-0.15, -0.1) is 0 Å². The highest BCUT2D eigenvalue weighted by molar-refractivity contribution is 7.80. The third-order valence-electron chi connectivity index (χ3n) is 5.85. The number of halogens is 2. The van der Waals surface area contributed by atoms with Crippen LogP contribution >= 0.6 is 23.8 Å². The fourth-order valence-electron chi connectivity index (χ4n) is 3.96. The molecule has 0 aliphatic carbocycles. The van der Waals surface area contributed by atoms with Gasteiger partial charge in [0.05, 0.1) is 30.5 Å². The molecule has 0 aliphatic heterocycles. The predicted molar refractivity (Wildman–Crippen MR) is 159 cm³/mol. The second kappa shape index (κ2) is 12.5. The largest absolute Gasteiger partial charge is 0.495 e. The first-order valence-electron chi connectivity index (χ1n) is 11.8. The zero-order chi connectivity index (χ0) is 28.8. The molecule has 0 aliphatic rings. The van der Waals surface area contributed by atoms with Gasteiger partial charge in [-0.25, -0.2) is 4.39 Å². The number of methoxy groups -OCH3 is 2. The number of anilines is 3. The van der Waals surface area contributed by atoms with E-state index in [1.54, 1.807) is 60.7 Å². The number of hydrogen-bond acceptors (Lipinski definition) is 5. The van der Waals surface area contributed by atoms with Crippen molar-refractivity contribution in [3.05, 3.63) is 101 Å². The van der Waals surface area contributed by atoms with Crippen LogP contribution < -0.4 is 31.2 Å². The number of benzene rings is 4. The summed E-state index contributed by atoms with van der Waals surface area (Å²) in [5, 5.41) is 9.40. The molecule has 5 N–H and O–H groups in total. The van der Waals surface area contributed by atoms with Crippen LogP contribution in [0.15, 0.2) is 78.9 Å². The van der Waals surface area contributed by atoms with Gasteiger partial charge in [0, 0.05) is 28.6 Å². The van der Waals surface area contributed by atoms with Crippen molar-refractivity contribution in [1.82, 2.24) is 0 Å². The van der Waals surface area contributed by atoms with Crippen LogP contribution in [0.5, 0.6) is 11.5 Å². The maximum atomic E-state index is 14.3. The van der Waals surface area contributed by atoms with Crippen molar-refractivity contribution >= 4 is 57.8 Å². The number of rotatable bonds is 8. The molecule has 11 heteroatoms. The fraction of sp³-hybridized carbons (Fsp3) is 0.0690. The first-order chi connectivity index (χ1) is 19.2. The number of thiocarbonyl (C=S) groups is 1. The summed E-state index contributed by atoms with van der Waals surface area (Å²) in [6, 6.07) is 20.5.